The third-order valence-corrected chi connectivity index (χ3v) is 5.12. The summed E-state index contributed by atoms with van der Waals surface area (Å²) in [6, 6.07) is 1.26. The molecule has 0 aliphatic heterocycles. The Morgan fingerprint density at radius 1 is 1.47 bits per heavy atom. The van der Waals surface area contributed by atoms with Crippen LogP contribution in [0.15, 0.2) is 17.0 Å². The summed E-state index contributed by atoms with van der Waals surface area (Å²) >= 11 is 11.0. The average molecular weight is 330 g/mol. The molecule has 0 saturated heterocycles. The number of alkyl halides is 1. The number of benzene rings is 1. The van der Waals surface area contributed by atoms with Crippen molar-refractivity contribution in [1.82, 2.24) is 0 Å². The fraction of sp³-hybridized carbons (Fsp3) is 0.400. The standard InChI is InChI=1S/C10H10Cl2FNO4S/c1-6(4-11)5-19(17,18)10-2-7(12)8(13)3-9(10)14(15)16/h2-3,6H,4-5H2,1H3. The van der Waals surface area contributed by atoms with Gasteiger partial charge >= 0.3 is 0 Å². The molecular weight excluding hydrogens is 320 g/mol. The van der Waals surface area contributed by atoms with E-state index in [1.54, 1.807) is 6.92 Å². The molecule has 0 aliphatic rings. The minimum absolute atomic E-state index is 0.0853. The molecule has 0 heterocycles. The Bertz CT molecular complexity index is 606. The molecule has 0 saturated carbocycles. The fourth-order valence-corrected chi connectivity index (χ4v) is 3.68. The molecule has 106 valence electrons. The highest BCUT2D eigenvalue weighted by Gasteiger charge is 2.29. The van der Waals surface area contributed by atoms with Crippen molar-refractivity contribution in [3.63, 3.8) is 0 Å². The first-order valence-electron chi connectivity index (χ1n) is 5.11. The Morgan fingerprint density at radius 2 is 2.05 bits per heavy atom. The van der Waals surface area contributed by atoms with E-state index in [9.17, 15) is 22.9 Å². The van der Waals surface area contributed by atoms with Crippen LogP contribution in [0, 0.1) is 21.8 Å². The van der Waals surface area contributed by atoms with Crippen LogP contribution in [0.1, 0.15) is 6.92 Å². The summed E-state index contributed by atoms with van der Waals surface area (Å²) in [5.74, 6) is -1.73. The number of nitro benzene ring substituents is 1. The van der Waals surface area contributed by atoms with Crippen LogP contribution >= 0.6 is 23.2 Å². The van der Waals surface area contributed by atoms with Gasteiger partial charge in [0, 0.05) is 5.88 Å². The topological polar surface area (TPSA) is 77.3 Å². The largest absolute Gasteiger partial charge is 0.291 e. The summed E-state index contributed by atoms with van der Waals surface area (Å²) in [5, 5.41) is 10.3. The number of hydrogen-bond acceptors (Lipinski definition) is 4. The molecule has 0 N–H and O–H groups in total. The van der Waals surface area contributed by atoms with Crippen LogP contribution in [-0.4, -0.2) is 25.0 Å². The van der Waals surface area contributed by atoms with Gasteiger partial charge in [-0.3, -0.25) is 10.1 Å². The molecule has 0 amide bonds. The van der Waals surface area contributed by atoms with Gasteiger partial charge in [-0.25, -0.2) is 12.8 Å². The number of hydrogen-bond donors (Lipinski definition) is 0. The minimum atomic E-state index is -3.96. The van der Waals surface area contributed by atoms with E-state index in [2.05, 4.69) is 0 Å². The minimum Gasteiger partial charge on any atom is -0.258 e. The zero-order valence-corrected chi connectivity index (χ0v) is 12.1. The van der Waals surface area contributed by atoms with Gasteiger partial charge in [0.15, 0.2) is 9.84 Å². The molecule has 9 heteroatoms. The predicted molar refractivity (Wildman–Crippen MR) is 70.0 cm³/mol. The monoisotopic (exact) mass is 329 g/mol. The number of nitrogens with zero attached hydrogens (tertiary/aromatic N) is 1. The maximum atomic E-state index is 13.2. The van der Waals surface area contributed by atoms with E-state index >= 15 is 0 Å². The van der Waals surface area contributed by atoms with Crippen molar-refractivity contribution in [1.29, 1.82) is 0 Å². The second-order valence-electron chi connectivity index (χ2n) is 4.03. The van der Waals surface area contributed by atoms with Gasteiger partial charge in [-0.2, -0.15) is 0 Å². The third kappa shape index (κ3) is 3.77. The SMILES string of the molecule is CC(CCl)CS(=O)(=O)c1cc(Cl)c(F)cc1[N+](=O)[O-]. The number of nitro groups is 1. The van der Waals surface area contributed by atoms with E-state index in [4.69, 9.17) is 23.2 Å². The van der Waals surface area contributed by atoms with Crippen molar-refractivity contribution in [3.8, 4) is 0 Å². The van der Waals surface area contributed by atoms with Gasteiger partial charge in [0.1, 0.15) is 10.7 Å². The molecular formula is C10H10Cl2FNO4S. The molecule has 1 aromatic carbocycles. The van der Waals surface area contributed by atoms with E-state index in [-0.39, 0.29) is 11.6 Å². The molecule has 19 heavy (non-hydrogen) atoms. The van der Waals surface area contributed by atoms with Gasteiger partial charge in [0.05, 0.1) is 21.8 Å². The quantitative estimate of drug-likeness (QED) is 0.360. The zero-order chi connectivity index (χ0) is 14.8. The fourth-order valence-electron chi connectivity index (χ4n) is 1.42. The molecule has 0 aromatic heterocycles. The Morgan fingerprint density at radius 3 is 2.53 bits per heavy atom. The third-order valence-electron chi connectivity index (χ3n) is 2.30. The lowest BCUT2D eigenvalue weighted by molar-refractivity contribution is -0.388. The second-order valence-corrected chi connectivity index (χ2v) is 6.75. The average Bonchev–Trinajstić information content (AvgIpc) is 2.30. The summed E-state index contributed by atoms with van der Waals surface area (Å²) in [7, 11) is -3.96. The normalized spacial score (nSPS) is 13.3. The molecule has 0 radical (unpaired) electrons. The van der Waals surface area contributed by atoms with Crippen molar-refractivity contribution < 1.29 is 17.7 Å². The number of sulfone groups is 1. The zero-order valence-electron chi connectivity index (χ0n) is 9.77. The number of halogens is 3. The highest BCUT2D eigenvalue weighted by molar-refractivity contribution is 7.91. The van der Waals surface area contributed by atoms with E-state index in [1.165, 1.54) is 0 Å². The Hall–Kier alpha value is -0.920. The lowest BCUT2D eigenvalue weighted by Crippen LogP contribution is -2.16. The molecule has 1 unspecified atom stereocenters. The lowest BCUT2D eigenvalue weighted by atomic mass is 10.3. The van der Waals surface area contributed by atoms with Crippen LogP contribution in [-0.2, 0) is 9.84 Å². The maximum absolute atomic E-state index is 13.2. The lowest BCUT2D eigenvalue weighted by Gasteiger charge is -2.09. The van der Waals surface area contributed by atoms with Crippen LogP contribution in [0.3, 0.4) is 0 Å². The second kappa shape index (κ2) is 6.02. The first-order valence-corrected chi connectivity index (χ1v) is 7.67. The van der Waals surface area contributed by atoms with Gasteiger partial charge in [-0.15, -0.1) is 11.6 Å². The first kappa shape index (κ1) is 16.1. The predicted octanol–water partition coefficient (Wildman–Crippen LogP) is 3.04. The Labute approximate surface area is 119 Å². The van der Waals surface area contributed by atoms with Crippen LogP contribution in [0.4, 0.5) is 10.1 Å². The van der Waals surface area contributed by atoms with E-state index in [0.29, 0.717) is 6.07 Å². The van der Waals surface area contributed by atoms with Crippen LogP contribution in [0.5, 0.6) is 0 Å². The first-order chi connectivity index (χ1) is 8.69. The highest BCUT2D eigenvalue weighted by Crippen LogP contribution is 2.31. The highest BCUT2D eigenvalue weighted by atomic mass is 35.5. The molecule has 0 bridgehead atoms. The van der Waals surface area contributed by atoms with Crippen molar-refractivity contribution in [3.05, 3.63) is 33.1 Å². The van der Waals surface area contributed by atoms with Crippen LogP contribution in [0.25, 0.3) is 0 Å². The Balaban J connectivity index is 3.40. The molecule has 0 aliphatic carbocycles. The number of rotatable bonds is 5. The summed E-state index contributed by atoms with van der Waals surface area (Å²) in [5.41, 5.74) is -0.830. The van der Waals surface area contributed by atoms with Crippen molar-refractivity contribution in [2.75, 3.05) is 11.6 Å². The van der Waals surface area contributed by atoms with Crippen molar-refractivity contribution in [2.24, 2.45) is 5.92 Å². The van der Waals surface area contributed by atoms with Gasteiger partial charge in [0.25, 0.3) is 5.69 Å². The van der Waals surface area contributed by atoms with E-state index < -0.39 is 42.1 Å². The maximum Gasteiger partial charge on any atom is 0.291 e. The smallest absolute Gasteiger partial charge is 0.258 e. The molecule has 0 fully saturated rings. The Kier molecular flexibility index (Phi) is 5.11. The van der Waals surface area contributed by atoms with Crippen LogP contribution in [0.2, 0.25) is 5.02 Å². The summed E-state index contributed by atoms with van der Waals surface area (Å²) in [6.45, 7) is 1.58. The van der Waals surface area contributed by atoms with E-state index in [0.717, 1.165) is 6.07 Å². The van der Waals surface area contributed by atoms with Crippen molar-refractivity contribution in [2.45, 2.75) is 11.8 Å². The summed E-state index contributed by atoms with van der Waals surface area (Å²) in [6.07, 6.45) is 0. The summed E-state index contributed by atoms with van der Waals surface area (Å²) < 4.78 is 37.3. The van der Waals surface area contributed by atoms with Gasteiger partial charge in [-0.1, -0.05) is 18.5 Å². The van der Waals surface area contributed by atoms with Gasteiger partial charge in [-0.05, 0) is 12.0 Å². The molecule has 1 rings (SSSR count). The van der Waals surface area contributed by atoms with Gasteiger partial charge in [0.2, 0.25) is 0 Å². The van der Waals surface area contributed by atoms with Crippen LogP contribution < -0.4 is 0 Å². The molecule has 0 spiro atoms. The van der Waals surface area contributed by atoms with Crippen molar-refractivity contribution >= 4 is 38.7 Å². The van der Waals surface area contributed by atoms with E-state index in [1.807, 2.05) is 0 Å². The molecule has 1 aromatic rings. The summed E-state index contributed by atoms with van der Waals surface area (Å²) in [4.78, 5) is 9.24. The molecule has 5 nitrogen and oxygen atoms in total. The molecule has 1 atom stereocenters. The van der Waals surface area contributed by atoms with Gasteiger partial charge < -0.3 is 0 Å².